The van der Waals surface area contributed by atoms with Crippen molar-refractivity contribution in [1.29, 1.82) is 0 Å². The fraction of sp³-hybridized carbons (Fsp3) is 0.152. The highest BCUT2D eigenvalue weighted by atomic mass is 19.4. The number of halogens is 3. The van der Waals surface area contributed by atoms with E-state index in [0.29, 0.717) is 22.4 Å². The number of ether oxygens (including phenoxy) is 2. The predicted molar refractivity (Wildman–Crippen MR) is 149 cm³/mol. The summed E-state index contributed by atoms with van der Waals surface area (Å²) < 4.78 is 52.9. The van der Waals surface area contributed by atoms with Crippen LogP contribution in [0.1, 0.15) is 30.5 Å². The van der Waals surface area contributed by atoms with Crippen molar-refractivity contribution < 1.29 is 27.4 Å². The Kier molecular flexibility index (Phi) is 7.56. The molecule has 40 heavy (non-hydrogen) atoms. The van der Waals surface area contributed by atoms with Crippen LogP contribution in [0.15, 0.2) is 97.2 Å². The van der Waals surface area contributed by atoms with Crippen molar-refractivity contribution >= 4 is 16.9 Å². The lowest BCUT2D eigenvalue weighted by molar-refractivity contribution is -0.136. The van der Waals surface area contributed by atoms with E-state index in [-0.39, 0.29) is 12.1 Å². The fourth-order valence-electron chi connectivity index (χ4n) is 4.79. The highest BCUT2D eigenvalue weighted by Crippen LogP contribution is 2.42. The Morgan fingerprint density at radius 2 is 1.60 bits per heavy atom. The minimum absolute atomic E-state index is 0.0954. The van der Waals surface area contributed by atoms with Crippen molar-refractivity contribution in [3.63, 3.8) is 0 Å². The van der Waals surface area contributed by atoms with Crippen LogP contribution in [0.2, 0.25) is 0 Å². The van der Waals surface area contributed by atoms with Crippen LogP contribution in [-0.4, -0.2) is 11.0 Å². The molecule has 0 N–H and O–H groups in total. The zero-order chi connectivity index (χ0) is 28.3. The molecular formula is C33H26F3NO3. The molecule has 0 amide bonds. The van der Waals surface area contributed by atoms with E-state index in [1.807, 2.05) is 49.4 Å². The zero-order valence-electron chi connectivity index (χ0n) is 22.0. The first kappa shape index (κ1) is 26.9. The molecule has 7 heteroatoms. The van der Waals surface area contributed by atoms with Crippen LogP contribution >= 0.6 is 0 Å². The molecule has 0 bridgehead atoms. The SMILES string of the molecule is CCc1ccccc1-c1cnc2c(C(F)(F)F)cccc2c1-c1cccc(OCc2ccc(OC(C)=O)cc2)c1. The highest BCUT2D eigenvalue weighted by Gasteiger charge is 2.34. The second kappa shape index (κ2) is 11.2. The molecule has 4 aromatic carbocycles. The molecule has 0 spiro atoms. The molecule has 0 radical (unpaired) electrons. The third-order valence-electron chi connectivity index (χ3n) is 6.60. The molecule has 4 nitrogen and oxygen atoms in total. The average molecular weight is 542 g/mol. The summed E-state index contributed by atoms with van der Waals surface area (Å²) in [5, 5.41) is 0.413. The molecule has 202 valence electrons. The Labute approximate surface area is 230 Å². The molecule has 0 unspecified atom stereocenters. The van der Waals surface area contributed by atoms with Gasteiger partial charge >= 0.3 is 12.1 Å². The maximum atomic E-state index is 13.9. The highest BCUT2D eigenvalue weighted by molar-refractivity contribution is 6.03. The van der Waals surface area contributed by atoms with Crippen LogP contribution in [0.25, 0.3) is 33.2 Å². The van der Waals surface area contributed by atoms with Gasteiger partial charge in [-0.2, -0.15) is 13.2 Å². The number of carbonyl (C=O) groups excluding carboxylic acids is 1. The zero-order valence-corrected chi connectivity index (χ0v) is 22.0. The van der Waals surface area contributed by atoms with Crippen molar-refractivity contribution in [2.45, 2.75) is 33.1 Å². The van der Waals surface area contributed by atoms with Crippen LogP contribution in [0.4, 0.5) is 13.2 Å². The minimum atomic E-state index is -4.54. The second-order valence-corrected chi connectivity index (χ2v) is 9.31. The van der Waals surface area contributed by atoms with Gasteiger partial charge in [0, 0.05) is 29.6 Å². The van der Waals surface area contributed by atoms with Gasteiger partial charge in [0.2, 0.25) is 0 Å². The van der Waals surface area contributed by atoms with E-state index in [1.165, 1.54) is 13.0 Å². The summed E-state index contributed by atoms with van der Waals surface area (Å²) in [5.74, 6) is 0.613. The molecule has 5 aromatic rings. The van der Waals surface area contributed by atoms with Gasteiger partial charge in [-0.15, -0.1) is 0 Å². The third kappa shape index (κ3) is 5.69. The van der Waals surface area contributed by atoms with E-state index in [9.17, 15) is 18.0 Å². The van der Waals surface area contributed by atoms with E-state index in [2.05, 4.69) is 4.98 Å². The molecule has 0 saturated carbocycles. The summed E-state index contributed by atoms with van der Waals surface area (Å²) in [6.07, 6.45) is -2.24. The number of aromatic nitrogens is 1. The maximum absolute atomic E-state index is 13.9. The lowest BCUT2D eigenvalue weighted by Gasteiger charge is -2.18. The van der Waals surface area contributed by atoms with E-state index in [0.717, 1.165) is 40.3 Å². The quantitative estimate of drug-likeness (QED) is 0.153. The number of benzene rings is 4. The summed E-state index contributed by atoms with van der Waals surface area (Å²) in [6, 6.07) is 26.3. The molecule has 0 saturated heterocycles. The normalized spacial score (nSPS) is 11.4. The lowest BCUT2D eigenvalue weighted by Crippen LogP contribution is -2.07. The minimum Gasteiger partial charge on any atom is -0.489 e. The van der Waals surface area contributed by atoms with Crippen molar-refractivity contribution in [3.8, 4) is 33.8 Å². The van der Waals surface area contributed by atoms with E-state index >= 15 is 0 Å². The number of alkyl halides is 3. The first-order chi connectivity index (χ1) is 19.2. The first-order valence-electron chi connectivity index (χ1n) is 12.8. The van der Waals surface area contributed by atoms with Crippen molar-refractivity contribution in [2.75, 3.05) is 0 Å². The number of hydrogen-bond donors (Lipinski definition) is 0. The molecule has 1 aromatic heterocycles. The van der Waals surface area contributed by atoms with Gasteiger partial charge in [0.05, 0.1) is 11.1 Å². The van der Waals surface area contributed by atoms with Gasteiger partial charge in [0.15, 0.2) is 0 Å². The Balaban J connectivity index is 1.59. The molecule has 1 heterocycles. The molecule has 0 atom stereocenters. The number of para-hydroxylation sites is 1. The molecule has 0 aliphatic heterocycles. The molecule has 5 rings (SSSR count). The van der Waals surface area contributed by atoms with Gasteiger partial charge in [-0.3, -0.25) is 9.78 Å². The van der Waals surface area contributed by atoms with Gasteiger partial charge in [-0.1, -0.05) is 67.6 Å². The number of nitrogens with zero attached hydrogens (tertiary/aromatic N) is 1. The van der Waals surface area contributed by atoms with Crippen LogP contribution in [0, 0.1) is 0 Å². The smallest absolute Gasteiger partial charge is 0.418 e. The summed E-state index contributed by atoms with van der Waals surface area (Å²) in [4.78, 5) is 15.5. The molecule has 0 fully saturated rings. The largest absolute Gasteiger partial charge is 0.489 e. The summed E-state index contributed by atoms with van der Waals surface area (Å²) in [7, 11) is 0. The monoisotopic (exact) mass is 541 g/mol. The van der Waals surface area contributed by atoms with Gasteiger partial charge in [0.1, 0.15) is 18.1 Å². The predicted octanol–water partition coefficient (Wildman–Crippen LogP) is 8.65. The Bertz CT molecular complexity index is 1680. The van der Waals surface area contributed by atoms with Gasteiger partial charge in [0.25, 0.3) is 0 Å². The summed E-state index contributed by atoms with van der Waals surface area (Å²) in [5.41, 5.74) is 4.12. The Morgan fingerprint density at radius 1 is 0.850 bits per heavy atom. The van der Waals surface area contributed by atoms with Crippen molar-refractivity contribution in [1.82, 2.24) is 4.98 Å². The number of aryl methyl sites for hydroxylation is 1. The maximum Gasteiger partial charge on any atom is 0.418 e. The molecular weight excluding hydrogens is 515 g/mol. The second-order valence-electron chi connectivity index (χ2n) is 9.31. The van der Waals surface area contributed by atoms with Gasteiger partial charge in [-0.25, -0.2) is 0 Å². The van der Waals surface area contributed by atoms with Gasteiger partial charge in [-0.05, 0) is 59.0 Å². The number of rotatable bonds is 7. The fourth-order valence-corrected chi connectivity index (χ4v) is 4.79. The summed E-state index contributed by atoms with van der Waals surface area (Å²) in [6.45, 7) is 3.64. The third-order valence-corrected chi connectivity index (χ3v) is 6.60. The Hall–Kier alpha value is -4.65. The molecule has 0 aliphatic rings. The van der Waals surface area contributed by atoms with Crippen LogP contribution < -0.4 is 9.47 Å². The topological polar surface area (TPSA) is 48.4 Å². The first-order valence-corrected chi connectivity index (χ1v) is 12.8. The van der Waals surface area contributed by atoms with Crippen molar-refractivity contribution in [3.05, 3.63) is 114 Å². The van der Waals surface area contributed by atoms with E-state index in [1.54, 1.807) is 42.6 Å². The Morgan fingerprint density at radius 3 is 2.33 bits per heavy atom. The van der Waals surface area contributed by atoms with Crippen LogP contribution in [-0.2, 0) is 24.0 Å². The van der Waals surface area contributed by atoms with E-state index in [4.69, 9.17) is 9.47 Å². The number of hydrogen-bond acceptors (Lipinski definition) is 4. The summed E-state index contributed by atoms with van der Waals surface area (Å²) >= 11 is 0. The number of carbonyl (C=O) groups is 1. The van der Waals surface area contributed by atoms with Gasteiger partial charge < -0.3 is 9.47 Å². The standard InChI is InChI=1S/C33H26F3NO3/c1-3-23-8-4-5-11-27(23)29-19-37-32-28(12-7-13-30(32)33(34,35)36)31(29)24-9-6-10-26(18-24)39-20-22-14-16-25(17-15-22)40-21(2)38/h4-19H,3,20H2,1-2H3. The number of fused-ring (bicyclic) bond motifs is 1. The number of esters is 1. The average Bonchev–Trinajstić information content (AvgIpc) is 2.95. The van der Waals surface area contributed by atoms with E-state index < -0.39 is 17.7 Å². The van der Waals surface area contributed by atoms with Crippen LogP contribution in [0.5, 0.6) is 11.5 Å². The van der Waals surface area contributed by atoms with Crippen LogP contribution in [0.3, 0.4) is 0 Å². The van der Waals surface area contributed by atoms with Crippen molar-refractivity contribution in [2.24, 2.45) is 0 Å². The number of pyridine rings is 1. The lowest BCUT2D eigenvalue weighted by atomic mass is 9.89. The molecule has 0 aliphatic carbocycles.